The van der Waals surface area contributed by atoms with E-state index in [-0.39, 0.29) is 17.3 Å². The van der Waals surface area contributed by atoms with E-state index in [9.17, 15) is 4.79 Å². The second-order valence-corrected chi connectivity index (χ2v) is 6.33. The molecular weight excluding hydrogens is 269 g/mol. The van der Waals surface area contributed by atoms with Gasteiger partial charge in [-0.05, 0) is 45.6 Å². The van der Waals surface area contributed by atoms with Crippen molar-refractivity contribution in [2.75, 3.05) is 0 Å². The van der Waals surface area contributed by atoms with Crippen LogP contribution in [0.25, 0.3) is 0 Å². The summed E-state index contributed by atoms with van der Waals surface area (Å²) in [4.78, 5) is 10.8. The fourth-order valence-corrected chi connectivity index (χ4v) is 2.15. The van der Waals surface area contributed by atoms with Crippen LogP contribution in [0.5, 0.6) is 0 Å². The summed E-state index contributed by atoms with van der Waals surface area (Å²) in [5.41, 5.74) is 6.10. The quantitative estimate of drug-likeness (QED) is 0.866. The molecule has 1 aromatic rings. The van der Waals surface area contributed by atoms with Gasteiger partial charge in [0.25, 0.3) is 0 Å². The van der Waals surface area contributed by atoms with Crippen LogP contribution >= 0.6 is 0 Å². The molecule has 0 spiro atoms. The van der Waals surface area contributed by atoms with Crippen LogP contribution in [-0.4, -0.2) is 24.4 Å². The molecule has 1 atom stereocenters. The molecule has 0 bridgehead atoms. The van der Waals surface area contributed by atoms with Crippen LogP contribution in [0.1, 0.15) is 46.3 Å². The first-order chi connectivity index (χ1) is 9.62. The lowest BCUT2D eigenvalue weighted by molar-refractivity contribution is 0.00578. The zero-order chi connectivity index (χ0) is 15.8. The van der Waals surface area contributed by atoms with Gasteiger partial charge < -0.3 is 19.8 Å². The molecule has 1 aromatic carbocycles. The third-order valence-electron chi connectivity index (χ3n) is 4.22. The smallest absolute Gasteiger partial charge is 0.442 e. The monoisotopic (exact) mass is 291 g/mol. The van der Waals surface area contributed by atoms with Crippen LogP contribution < -0.4 is 11.2 Å². The van der Waals surface area contributed by atoms with Gasteiger partial charge in [-0.25, -0.2) is 4.79 Å². The van der Waals surface area contributed by atoms with Gasteiger partial charge in [0, 0.05) is 0 Å². The van der Waals surface area contributed by atoms with Crippen molar-refractivity contribution in [3.63, 3.8) is 0 Å². The van der Waals surface area contributed by atoms with Gasteiger partial charge in [-0.3, -0.25) is 0 Å². The van der Waals surface area contributed by atoms with E-state index >= 15 is 0 Å². The SMILES string of the molecule is CC(OC(N)=O)c1ccc(B2OC(C)(C)C(C)(C)O2)cc1. The molecule has 0 radical (unpaired) electrons. The van der Waals surface area contributed by atoms with Gasteiger partial charge >= 0.3 is 13.2 Å². The first-order valence-electron chi connectivity index (χ1n) is 7.04. The standard InChI is InChI=1S/C15H22BNO4/c1-10(19-13(17)18)11-6-8-12(9-7-11)16-20-14(2,3)15(4,5)21-16/h6-10H,1-5H3,(H2,17,18). The molecule has 5 nitrogen and oxygen atoms in total. The highest BCUT2D eigenvalue weighted by Crippen LogP contribution is 2.36. The maximum atomic E-state index is 10.8. The Kier molecular flexibility index (Phi) is 4.04. The minimum atomic E-state index is -0.780. The molecule has 21 heavy (non-hydrogen) atoms. The Morgan fingerprint density at radius 3 is 2.05 bits per heavy atom. The Labute approximate surface area is 125 Å². The van der Waals surface area contributed by atoms with Gasteiger partial charge in [0.2, 0.25) is 0 Å². The van der Waals surface area contributed by atoms with Crippen LogP contribution in [0.15, 0.2) is 24.3 Å². The predicted octanol–water partition coefficient (Wildman–Crippen LogP) is 2.14. The number of hydrogen-bond acceptors (Lipinski definition) is 4. The third kappa shape index (κ3) is 3.22. The topological polar surface area (TPSA) is 70.8 Å². The number of nitrogens with two attached hydrogens (primary N) is 1. The zero-order valence-corrected chi connectivity index (χ0v) is 13.2. The van der Waals surface area contributed by atoms with Crippen LogP contribution in [0.2, 0.25) is 0 Å². The second-order valence-electron chi connectivity index (χ2n) is 6.33. The Morgan fingerprint density at radius 1 is 1.14 bits per heavy atom. The van der Waals surface area contributed by atoms with Crippen molar-refractivity contribution in [1.29, 1.82) is 0 Å². The van der Waals surface area contributed by atoms with Crippen LogP contribution in [0.4, 0.5) is 4.79 Å². The number of ether oxygens (including phenoxy) is 1. The van der Waals surface area contributed by atoms with E-state index in [1.165, 1.54) is 0 Å². The molecule has 0 aliphatic carbocycles. The molecule has 0 aromatic heterocycles. The van der Waals surface area contributed by atoms with Crippen molar-refractivity contribution in [3.05, 3.63) is 29.8 Å². The van der Waals surface area contributed by atoms with E-state index in [2.05, 4.69) is 0 Å². The van der Waals surface area contributed by atoms with E-state index < -0.39 is 13.2 Å². The largest absolute Gasteiger partial charge is 0.494 e. The number of carbonyl (C=O) groups excluding carboxylic acids is 1. The van der Waals surface area contributed by atoms with Crippen molar-refractivity contribution in [2.24, 2.45) is 5.73 Å². The molecular formula is C15H22BNO4. The highest BCUT2D eigenvalue weighted by atomic mass is 16.7. The Bertz CT molecular complexity index is 511. The zero-order valence-electron chi connectivity index (χ0n) is 13.2. The number of rotatable bonds is 3. The Balaban J connectivity index is 2.12. The van der Waals surface area contributed by atoms with E-state index in [4.69, 9.17) is 19.8 Å². The minimum absolute atomic E-state index is 0.362. The molecule has 2 N–H and O–H groups in total. The van der Waals surface area contributed by atoms with Gasteiger partial charge in [-0.1, -0.05) is 24.3 Å². The fourth-order valence-electron chi connectivity index (χ4n) is 2.15. The lowest BCUT2D eigenvalue weighted by atomic mass is 9.78. The molecule has 2 rings (SSSR count). The molecule has 1 heterocycles. The van der Waals surface area contributed by atoms with Crippen LogP contribution in [-0.2, 0) is 14.0 Å². The summed E-state index contributed by atoms with van der Waals surface area (Å²) in [5.74, 6) is 0. The van der Waals surface area contributed by atoms with Gasteiger partial charge in [0.05, 0.1) is 11.2 Å². The maximum absolute atomic E-state index is 10.8. The average Bonchev–Trinajstić information content (AvgIpc) is 2.58. The summed E-state index contributed by atoms with van der Waals surface area (Å²) >= 11 is 0. The molecule has 6 heteroatoms. The highest BCUT2D eigenvalue weighted by Gasteiger charge is 2.51. The van der Waals surface area contributed by atoms with Crippen LogP contribution in [0.3, 0.4) is 0 Å². The minimum Gasteiger partial charge on any atom is -0.442 e. The molecule has 1 amide bonds. The summed E-state index contributed by atoms with van der Waals surface area (Å²) in [6, 6.07) is 7.60. The van der Waals surface area contributed by atoms with E-state index in [1.54, 1.807) is 6.92 Å². The summed E-state index contributed by atoms with van der Waals surface area (Å²) in [6.07, 6.45) is -1.16. The van der Waals surface area contributed by atoms with E-state index in [0.717, 1.165) is 11.0 Å². The summed E-state index contributed by atoms with van der Waals surface area (Å²) in [7, 11) is -0.392. The third-order valence-corrected chi connectivity index (χ3v) is 4.22. The number of amides is 1. The first kappa shape index (κ1) is 15.9. The first-order valence-corrected chi connectivity index (χ1v) is 7.04. The number of hydrogen-bond donors (Lipinski definition) is 1. The summed E-state index contributed by atoms with van der Waals surface area (Å²) < 4.78 is 16.9. The van der Waals surface area contributed by atoms with Crippen molar-refractivity contribution < 1.29 is 18.8 Å². The molecule has 114 valence electrons. The van der Waals surface area contributed by atoms with Gasteiger partial charge in [0.15, 0.2) is 0 Å². The highest BCUT2D eigenvalue weighted by molar-refractivity contribution is 6.62. The Hall–Kier alpha value is -1.53. The molecule has 1 aliphatic rings. The number of carbonyl (C=O) groups is 1. The lowest BCUT2D eigenvalue weighted by Crippen LogP contribution is -2.41. The number of primary amides is 1. The normalized spacial score (nSPS) is 21.1. The second kappa shape index (κ2) is 5.35. The molecule has 0 saturated carbocycles. The average molecular weight is 291 g/mol. The van der Waals surface area contributed by atoms with Gasteiger partial charge in [0.1, 0.15) is 6.10 Å². The Morgan fingerprint density at radius 2 is 1.62 bits per heavy atom. The molecule has 1 unspecified atom stereocenters. The van der Waals surface area contributed by atoms with Crippen molar-refractivity contribution in [1.82, 2.24) is 0 Å². The molecule has 1 aliphatic heterocycles. The summed E-state index contributed by atoms with van der Waals surface area (Å²) in [6.45, 7) is 9.84. The van der Waals surface area contributed by atoms with E-state index in [0.29, 0.717) is 0 Å². The summed E-state index contributed by atoms with van der Waals surface area (Å²) in [5, 5.41) is 0. The number of benzene rings is 1. The van der Waals surface area contributed by atoms with Crippen LogP contribution in [0, 0.1) is 0 Å². The van der Waals surface area contributed by atoms with Crippen molar-refractivity contribution >= 4 is 18.7 Å². The van der Waals surface area contributed by atoms with Crippen molar-refractivity contribution in [2.45, 2.75) is 51.9 Å². The predicted molar refractivity (Wildman–Crippen MR) is 81.2 cm³/mol. The van der Waals surface area contributed by atoms with Gasteiger partial charge in [-0.15, -0.1) is 0 Å². The molecule has 1 saturated heterocycles. The van der Waals surface area contributed by atoms with Crippen molar-refractivity contribution in [3.8, 4) is 0 Å². The fraction of sp³-hybridized carbons (Fsp3) is 0.533. The molecule has 1 fully saturated rings. The van der Waals surface area contributed by atoms with Gasteiger partial charge in [-0.2, -0.15) is 0 Å². The lowest BCUT2D eigenvalue weighted by Gasteiger charge is -2.32. The van der Waals surface area contributed by atoms with E-state index in [1.807, 2.05) is 52.0 Å². The maximum Gasteiger partial charge on any atom is 0.494 e.